The van der Waals surface area contributed by atoms with E-state index in [1.54, 1.807) is 19.1 Å². The van der Waals surface area contributed by atoms with Crippen LogP contribution in [0, 0.1) is 6.92 Å². The first-order valence-electron chi connectivity index (χ1n) is 15.0. The van der Waals surface area contributed by atoms with Crippen molar-refractivity contribution in [2.45, 2.75) is 71.1 Å². The number of rotatable bonds is 11. The van der Waals surface area contributed by atoms with Crippen molar-refractivity contribution in [3.05, 3.63) is 95.2 Å². The number of imide groups is 1. The minimum atomic E-state index is -1.35. The Morgan fingerprint density at radius 2 is 1.77 bits per heavy atom. The smallest absolute Gasteiger partial charge is 0.417 e. The van der Waals surface area contributed by atoms with E-state index in [0.29, 0.717) is 42.0 Å². The summed E-state index contributed by atoms with van der Waals surface area (Å²) in [6.07, 6.45) is -2.39. The Bertz CT molecular complexity index is 1610. The maximum absolute atomic E-state index is 13.8. The van der Waals surface area contributed by atoms with Gasteiger partial charge < -0.3 is 23.7 Å². The zero-order valence-corrected chi connectivity index (χ0v) is 25.9. The normalized spacial score (nSPS) is 16.6. The van der Waals surface area contributed by atoms with Gasteiger partial charge in [-0.2, -0.15) is 0 Å². The maximum atomic E-state index is 13.8. The Hall–Kier alpha value is -4.21. The van der Waals surface area contributed by atoms with Gasteiger partial charge in [-0.25, -0.2) is 14.7 Å². The molecule has 0 radical (unpaired) electrons. The van der Waals surface area contributed by atoms with Crippen LogP contribution >= 0.6 is 0 Å². The first kappa shape index (κ1) is 31.2. The van der Waals surface area contributed by atoms with Crippen LogP contribution in [0.3, 0.4) is 0 Å². The number of nitrogens with zero attached hydrogens (tertiary/aromatic N) is 2. The topological polar surface area (TPSA) is 111 Å². The molecule has 232 valence electrons. The molecule has 2 amide bonds. The number of fused-ring (bicyclic) bond motifs is 1. The highest BCUT2D eigenvalue weighted by Crippen LogP contribution is 2.35. The number of aliphatic hydroxyl groups is 1. The molecule has 1 aromatic heterocycles. The second kappa shape index (κ2) is 13.2. The molecule has 1 aliphatic heterocycles. The van der Waals surface area contributed by atoms with Crippen LogP contribution in [0.2, 0.25) is 0 Å². The molecule has 9 nitrogen and oxygen atoms in total. The molecule has 0 aliphatic carbocycles. The fraction of sp³-hybridized carbons (Fsp3) is 0.400. The Kier molecular flexibility index (Phi) is 9.36. The summed E-state index contributed by atoms with van der Waals surface area (Å²) in [6.45, 7) is 10.4. The highest BCUT2D eigenvalue weighted by molar-refractivity contribution is 5.97. The number of hydrogen-bond donors (Lipinski definition) is 1. The van der Waals surface area contributed by atoms with E-state index >= 15 is 0 Å². The van der Waals surface area contributed by atoms with Gasteiger partial charge in [-0.15, -0.1) is 0 Å². The third-order valence-corrected chi connectivity index (χ3v) is 7.76. The molecular weight excluding hydrogens is 560 g/mol. The van der Waals surface area contributed by atoms with E-state index in [1.807, 2.05) is 61.5 Å². The zero-order chi connectivity index (χ0) is 31.4. The lowest BCUT2D eigenvalue weighted by Crippen LogP contribution is -2.48. The lowest BCUT2D eigenvalue weighted by molar-refractivity contribution is -0.149. The summed E-state index contributed by atoms with van der Waals surface area (Å²) in [4.78, 5) is 32.3. The summed E-state index contributed by atoms with van der Waals surface area (Å²) < 4.78 is 23.1. The van der Waals surface area contributed by atoms with Crippen molar-refractivity contribution in [3.63, 3.8) is 0 Å². The lowest BCUT2D eigenvalue weighted by atomic mass is 9.95. The van der Waals surface area contributed by atoms with Crippen LogP contribution in [0.5, 0.6) is 5.75 Å². The van der Waals surface area contributed by atoms with Gasteiger partial charge in [0, 0.05) is 23.8 Å². The largest absolute Gasteiger partial charge is 0.493 e. The van der Waals surface area contributed by atoms with Crippen molar-refractivity contribution < 1.29 is 33.3 Å². The quantitative estimate of drug-likeness (QED) is 0.220. The van der Waals surface area contributed by atoms with Crippen molar-refractivity contribution in [1.29, 1.82) is 0 Å². The van der Waals surface area contributed by atoms with E-state index in [2.05, 4.69) is 25.8 Å². The fourth-order valence-electron chi connectivity index (χ4n) is 5.46. The van der Waals surface area contributed by atoms with Crippen molar-refractivity contribution >= 4 is 22.8 Å². The molecule has 1 N–H and O–H groups in total. The van der Waals surface area contributed by atoms with Crippen molar-refractivity contribution in [2.75, 3.05) is 19.8 Å². The van der Waals surface area contributed by atoms with Crippen LogP contribution in [0.1, 0.15) is 62.3 Å². The number of aromatic nitrogens is 1. The number of carbonyl (C=O) groups is 2. The number of carbonyl (C=O) groups excluding carboxylic acids is 2. The molecule has 1 saturated heterocycles. The van der Waals surface area contributed by atoms with E-state index < -0.39 is 30.3 Å². The van der Waals surface area contributed by atoms with Gasteiger partial charge in [0.1, 0.15) is 24.2 Å². The third-order valence-electron chi connectivity index (χ3n) is 7.76. The van der Waals surface area contributed by atoms with E-state index in [0.717, 1.165) is 27.3 Å². The first-order valence-corrected chi connectivity index (χ1v) is 15.0. The Morgan fingerprint density at radius 1 is 1.07 bits per heavy atom. The molecular formula is C35H40N2O7. The standard InChI is InChI=1S/C35H40N2O7/c1-6-41-31(32(39)37-24(21-43-34(37)40)20-23-12-8-7-9-13-23)30(38)27-16-17-29(26-15-11-10-14-25(26)27)42-19-18-28-22(2)44-33(36-28)35(3,4)5/h7-17,24,30-31,38H,6,18-21H2,1-5H3/t24?,30-,31+/m1/s1. The Morgan fingerprint density at radius 3 is 2.45 bits per heavy atom. The van der Waals surface area contributed by atoms with Gasteiger partial charge in [0.25, 0.3) is 5.91 Å². The number of aliphatic hydroxyl groups excluding tert-OH is 1. The molecule has 0 saturated carbocycles. The second-order valence-corrected chi connectivity index (χ2v) is 12.0. The van der Waals surface area contributed by atoms with Crippen LogP contribution in [0.25, 0.3) is 10.8 Å². The third kappa shape index (κ3) is 6.64. The average Bonchev–Trinajstić information content (AvgIpc) is 3.57. The van der Waals surface area contributed by atoms with Gasteiger partial charge in [0.05, 0.1) is 18.3 Å². The van der Waals surface area contributed by atoms with Gasteiger partial charge in [0.2, 0.25) is 0 Å². The zero-order valence-electron chi connectivity index (χ0n) is 25.9. The summed E-state index contributed by atoms with van der Waals surface area (Å²) >= 11 is 0. The summed E-state index contributed by atoms with van der Waals surface area (Å²) in [5.74, 6) is 1.48. The lowest BCUT2D eigenvalue weighted by Gasteiger charge is -2.28. The number of ether oxygens (including phenoxy) is 3. The number of amides is 2. The molecule has 44 heavy (non-hydrogen) atoms. The summed E-state index contributed by atoms with van der Waals surface area (Å²) in [7, 11) is 0. The minimum absolute atomic E-state index is 0.0781. The van der Waals surface area contributed by atoms with E-state index in [9.17, 15) is 14.7 Å². The fourth-order valence-corrected chi connectivity index (χ4v) is 5.46. The average molecular weight is 601 g/mol. The molecule has 1 fully saturated rings. The van der Waals surface area contributed by atoms with Gasteiger partial charge in [-0.05, 0) is 42.8 Å². The van der Waals surface area contributed by atoms with Crippen molar-refractivity contribution in [2.24, 2.45) is 0 Å². The first-order chi connectivity index (χ1) is 21.1. The molecule has 5 rings (SSSR count). The Balaban J connectivity index is 1.36. The summed E-state index contributed by atoms with van der Waals surface area (Å²) in [5, 5.41) is 13.1. The minimum Gasteiger partial charge on any atom is -0.493 e. The van der Waals surface area contributed by atoms with Gasteiger partial charge in [-0.3, -0.25) is 4.79 Å². The van der Waals surface area contributed by atoms with E-state index in [-0.39, 0.29) is 18.6 Å². The summed E-state index contributed by atoms with van der Waals surface area (Å²) in [5.41, 5.74) is 2.14. The number of benzene rings is 3. The highest BCUT2D eigenvalue weighted by atomic mass is 16.6. The molecule has 0 bridgehead atoms. The Labute approximate surface area is 257 Å². The van der Waals surface area contributed by atoms with Crippen LogP contribution < -0.4 is 4.74 Å². The molecule has 1 unspecified atom stereocenters. The molecule has 0 spiro atoms. The van der Waals surface area contributed by atoms with Crippen LogP contribution in [0.4, 0.5) is 4.79 Å². The summed E-state index contributed by atoms with van der Waals surface area (Å²) in [6, 6.07) is 20.1. The second-order valence-electron chi connectivity index (χ2n) is 12.0. The van der Waals surface area contributed by atoms with Crippen LogP contribution in [-0.2, 0) is 32.5 Å². The van der Waals surface area contributed by atoms with Crippen molar-refractivity contribution in [1.82, 2.24) is 9.88 Å². The van der Waals surface area contributed by atoms with Crippen LogP contribution in [0.15, 0.2) is 71.1 Å². The molecule has 4 aromatic rings. The SMILES string of the molecule is CCO[C@H](C(=O)N1C(=O)OCC1Cc1ccccc1)[C@H](O)c1ccc(OCCc2nc(C(C)(C)C)oc2C)c2ccccc12. The number of hydrogen-bond acceptors (Lipinski definition) is 8. The number of oxazole rings is 1. The van der Waals surface area contributed by atoms with Gasteiger partial charge in [0.15, 0.2) is 12.0 Å². The molecule has 1 aliphatic rings. The van der Waals surface area contributed by atoms with E-state index in [4.69, 9.17) is 18.6 Å². The van der Waals surface area contributed by atoms with Gasteiger partial charge in [-0.1, -0.05) is 81.4 Å². The highest BCUT2D eigenvalue weighted by Gasteiger charge is 2.44. The van der Waals surface area contributed by atoms with Gasteiger partial charge >= 0.3 is 6.09 Å². The van der Waals surface area contributed by atoms with Crippen molar-refractivity contribution in [3.8, 4) is 5.75 Å². The van der Waals surface area contributed by atoms with E-state index in [1.165, 1.54) is 0 Å². The predicted molar refractivity (Wildman–Crippen MR) is 166 cm³/mol. The monoisotopic (exact) mass is 600 g/mol. The molecule has 3 aromatic carbocycles. The molecule has 3 atom stereocenters. The number of aryl methyl sites for hydroxylation is 1. The molecule has 2 heterocycles. The predicted octanol–water partition coefficient (Wildman–Crippen LogP) is 6.08. The maximum Gasteiger partial charge on any atom is 0.417 e. The number of cyclic esters (lactones) is 1. The molecule has 9 heteroatoms. The van der Waals surface area contributed by atoms with Crippen LogP contribution in [-0.4, -0.2) is 59.0 Å².